The fourth-order valence-corrected chi connectivity index (χ4v) is 2.02. The summed E-state index contributed by atoms with van der Waals surface area (Å²) in [5, 5.41) is 10.7. The van der Waals surface area contributed by atoms with Crippen molar-refractivity contribution in [3.63, 3.8) is 0 Å². The highest BCUT2D eigenvalue weighted by atomic mass is 35.5. The minimum Gasteiger partial charge on any atom is -0.497 e. The molecule has 0 atom stereocenters. The number of hydrogen-bond donors (Lipinski definition) is 0. The minimum absolute atomic E-state index is 0.0345. The van der Waals surface area contributed by atoms with E-state index in [0.717, 1.165) is 5.69 Å². The van der Waals surface area contributed by atoms with Gasteiger partial charge in [0, 0.05) is 30.0 Å². The third-order valence-electron chi connectivity index (χ3n) is 2.72. The number of aryl methyl sites for hydroxylation is 1. The molecule has 0 bridgehead atoms. The second-order valence-corrected chi connectivity index (χ2v) is 4.71. The number of nitro groups is 1. The summed E-state index contributed by atoms with van der Waals surface area (Å²) >= 11 is 5.82. The molecule has 2 rings (SSSR count). The smallest absolute Gasteiger partial charge is 0.288 e. The monoisotopic (exact) mass is 308 g/mol. The summed E-state index contributed by atoms with van der Waals surface area (Å²) < 4.78 is 10.7. The molecule has 0 radical (unpaired) electrons. The van der Waals surface area contributed by atoms with Crippen LogP contribution in [0.25, 0.3) is 0 Å². The van der Waals surface area contributed by atoms with Crippen LogP contribution >= 0.6 is 11.6 Å². The van der Waals surface area contributed by atoms with Crippen molar-refractivity contribution in [2.24, 2.45) is 0 Å². The zero-order valence-corrected chi connectivity index (χ0v) is 12.3. The number of nitrogens with zero attached hydrogens (tertiary/aromatic N) is 2. The molecule has 1 aromatic carbocycles. The van der Waals surface area contributed by atoms with Crippen LogP contribution in [0.3, 0.4) is 0 Å². The van der Waals surface area contributed by atoms with Gasteiger partial charge in [0.05, 0.1) is 17.7 Å². The van der Waals surface area contributed by atoms with E-state index in [4.69, 9.17) is 21.1 Å². The maximum absolute atomic E-state index is 10.7. The summed E-state index contributed by atoms with van der Waals surface area (Å²) in [6.45, 7) is 2.07. The Kier molecular flexibility index (Phi) is 4.59. The van der Waals surface area contributed by atoms with Crippen LogP contribution in [0.1, 0.15) is 11.4 Å². The first-order valence-electron chi connectivity index (χ1n) is 6.08. The lowest BCUT2D eigenvalue weighted by Gasteiger charge is -2.08. The molecule has 0 N–H and O–H groups in total. The molecule has 0 amide bonds. The van der Waals surface area contributed by atoms with Crippen molar-refractivity contribution < 1.29 is 14.4 Å². The van der Waals surface area contributed by atoms with E-state index in [1.54, 1.807) is 13.2 Å². The zero-order chi connectivity index (χ0) is 15.4. The number of rotatable bonds is 5. The first kappa shape index (κ1) is 15.1. The number of hydrogen-bond acceptors (Lipinski definition) is 5. The predicted molar refractivity (Wildman–Crippen MR) is 78.0 cm³/mol. The number of nitro benzene ring substituents is 1. The van der Waals surface area contributed by atoms with Crippen LogP contribution in [-0.4, -0.2) is 17.0 Å². The maximum Gasteiger partial charge on any atom is 0.288 e. The Balaban J connectivity index is 2.11. The lowest BCUT2D eigenvalue weighted by atomic mass is 10.3. The molecule has 21 heavy (non-hydrogen) atoms. The van der Waals surface area contributed by atoms with Gasteiger partial charge in [-0.2, -0.15) is 0 Å². The Morgan fingerprint density at radius 2 is 2.05 bits per heavy atom. The highest BCUT2D eigenvalue weighted by molar-refractivity contribution is 6.32. The summed E-state index contributed by atoms with van der Waals surface area (Å²) in [6.07, 6.45) is 0. The van der Waals surface area contributed by atoms with Crippen molar-refractivity contribution in [1.29, 1.82) is 0 Å². The van der Waals surface area contributed by atoms with E-state index in [2.05, 4.69) is 4.98 Å². The molecule has 0 saturated carbocycles. The van der Waals surface area contributed by atoms with Crippen LogP contribution in [0.5, 0.6) is 11.5 Å². The number of aromatic nitrogens is 1. The number of methoxy groups -OCH3 is 1. The van der Waals surface area contributed by atoms with Gasteiger partial charge in [0.1, 0.15) is 23.1 Å². The third-order valence-corrected chi connectivity index (χ3v) is 3.02. The van der Waals surface area contributed by atoms with Crippen LogP contribution < -0.4 is 9.47 Å². The zero-order valence-electron chi connectivity index (χ0n) is 11.5. The van der Waals surface area contributed by atoms with Gasteiger partial charge >= 0.3 is 0 Å². The van der Waals surface area contributed by atoms with Crippen molar-refractivity contribution in [3.05, 3.63) is 56.9 Å². The van der Waals surface area contributed by atoms with Gasteiger partial charge in [0.25, 0.3) is 5.69 Å². The Hall–Kier alpha value is -2.34. The van der Waals surface area contributed by atoms with Gasteiger partial charge in [-0.05, 0) is 13.0 Å². The van der Waals surface area contributed by atoms with Crippen LogP contribution in [0.2, 0.25) is 5.02 Å². The predicted octanol–water partition coefficient (Wildman–Crippen LogP) is 3.54. The molecule has 2 aromatic rings. The van der Waals surface area contributed by atoms with Crippen molar-refractivity contribution in [2.75, 3.05) is 7.11 Å². The fraction of sp³-hybridized carbons (Fsp3) is 0.214. The summed E-state index contributed by atoms with van der Waals surface area (Å²) in [6, 6.07) is 7.79. The second-order valence-electron chi connectivity index (χ2n) is 4.30. The molecule has 0 saturated heterocycles. The fourth-order valence-electron chi connectivity index (χ4n) is 1.78. The molecular weight excluding hydrogens is 296 g/mol. The summed E-state index contributed by atoms with van der Waals surface area (Å²) in [7, 11) is 1.58. The van der Waals surface area contributed by atoms with E-state index in [0.29, 0.717) is 17.2 Å². The highest BCUT2D eigenvalue weighted by Gasteiger charge is 2.12. The topological polar surface area (TPSA) is 74.5 Å². The normalized spacial score (nSPS) is 10.2. The Morgan fingerprint density at radius 3 is 2.67 bits per heavy atom. The molecule has 0 spiro atoms. The Labute approximate surface area is 126 Å². The minimum atomic E-state index is -0.543. The number of benzene rings is 1. The van der Waals surface area contributed by atoms with Gasteiger partial charge in [0.15, 0.2) is 0 Å². The van der Waals surface area contributed by atoms with E-state index in [9.17, 15) is 10.1 Å². The lowest BCUT2D eigenvalue weighted by molar-refractivity contribution is -0.384. The summed E-state index contributed by atoms with van der Waals surface area (Å²) in [4.78, 5) is 14.5. The third kappa shape index (κ3) is 3.82. The number of halogens is 1. The van der Waals surface area contributed by atoms with Crippen LogP contribution in [0, 0.1) is 17.0 Å². The van der Waals surface area contributed by atoms with Gasteiger partial charge < -0.3 is 9.47 Å². The maximum atomic E-state index is 10.7. The van der Waals surface area contributed by atoms with E-state index in [1.807, 2.05) is 13.0 Å². The average molecular weight is 309 g/mol. The average Bonchev–Trinajstić information content (AvgIpc) is 2.44. The van der Waals surface area contributed by atoms with E-state index in [-0.39, 0.29) is 17.3 Å². The SMILES string of the molecule is COc1cc(C)nc(COc2ccc([N+](=O)[O-])c(Cl)c2)c1. The molecule has 0 aliphatic rings. The van der Waals surface area contributed by atoms with Gasteiger partial charge in [-0.1, -0.05) is 11.6 Å². The van der Waals surface area contributed by atoms with Gasteiger partial charge in [0.2, 0.25) is 0 Å². The van der Waals surface area contributed by atoms with Gasteiger partial charge in [-0.15, -0.1) is 0 Å². The van der Waals surface area contributed by atoms with E-state index < -0.39 is 4.92 Å². The molecule has 6 nitrogen and oxygen atoms in total. The lowest BCUT2D eigenvalue weighted by Crippen LogP contribution is -2.01. The first-order valence-corrected chi connectivity index (χ1v) is 6.45. The standard InChI is InChI=1S/C14H13ClN2O4/c1-9-5-12(20-2)6-10(16-9)8-21-11-3-4-14(17(18)19)13(15)7-11/h3-7H,8H2,1-2H3. The molecule has 1 aromatic heterocycles. The first-order chi connectivity index (χ1) is 9.99. The van der Waals surface area contributed by atoms with E-state index >= 15 is 0 Å². The number of ether oxygens (including phenoxy) is 2. The van der Waals surface area contributed by atoms with Crippen molar-refractivity contribution in [3.8, 4) is 11.5 Å². The molecule has 7 heteroatoms. The van der Waals surface area contributed by atoms with Crippen molar-refractivity contribution in [1.82, 2.24) is 4.98 Å². The summed E-state index contributed by atoms with van der Waals surface area (Å²) in [5.74, 6) is 1.13. The Bertz CT molecular complexity index is 676. The van der Waals surface area contributed by atoms with Crippen molar-refractivity contribution >= 4 is 17.3 Å². The highest BCUT2D eigenvalue weighted by Crippen LogP contribution is 2.28. The molecular formula is C14H13ClN2O4. The molecule has 0 aliphatic carbocycles. The van der Waals surface area contributed by atoms with Crippen LogP contribution in [0.15, 0.2) is 30.3 Å². The molecule has 0 aliphatic heterocycles. The van der Waals surface area contributed by atoms with Gasteiger partial charge in [-0.25, -0.2) is 0 Å². The van der Waals surface area contributed by atoms with Crippen molar-refractivity contribution in [2.45, 2.75) is 13.5 Å². The van der Waals surface area contributed by atoms with Crippen LogP contribution in [-0.2, 0) is 6.61 Å². The molecule has 0 fully saturated rings. The van der Waals surface area contributed by atoms with E-state index in [1.165, 1.54) is 18.2 Å². The quantitative estimate of drug-likeness (QED) is 0.624. The number of pyridine rings is 1. The largest absolute Gasteiger partial charge is 0.497 e. The van der Waals surface area contributed by atoms with Crippen LogP contribution in [0.4, 0.5) is 5.69 Å². The molecule has 0 unspecified atom stereocenters. The second kappa shape index (κ2) is 6.41. The summed E-state index contributed by atoms with van der Waals surface area (Å²) in [5.41, 5.74) is 1.36. The van der Waals surface area contributed by atoms with Gasteiger partial charge in [-0.3, -0.25) is 15.1 Å². The molecule has 110 valence electrons. The Morgan fingerprint density at radius 1 is 1.29 bits per heavy atom. The molecule has 1 heterocycles.